The number of rotatable bonds is 6. The van der Waals surface area contributed by atoms with Crippen molar-refractivity contribution in [3.8, 4) is 6.07 Å². The highest BCUT2D eigenvalue weighted by molar-refractivity contribution is 7.80. The Kier molecular flexibility index (Phi) is 7.12. The molecule has 4 rings (SSSR count). The van der Waals surface area contributed by atoms with Gasteiger partial charge in [-0.2, -0.15) is 18.4 Å². The molecule has 0 radical (unpaired) electrons. The van der Waals surface area contributed by atoms with Gasteiger partial charge >= 0.3 is 6.18 Å². The third-order valence-corrected chi connectivity index (χ3v) is 7.46. The van der Waals surface area contributed by atoms with E-state index < -0.39 is 46.8 Å². The van der Waals surface area contributed by atoms with E-state index in [9.17, 15) is 27.2 Å². The molecule has 6 nitrogen and oxygen atoms in total. The predicted molar refractivity (Wildman–Crippen MR) is 128 cm³/mol. The number of nitriles is 1. The lowest BCUT2D eigenvalue weighted by Gasteiger charge is -2.43. The molecule has 1 aromatic rings. The minimum atomic E-state index is -5.06. The minimum Gasteiger partial charge on any atom is -0.359 e. The molecule has 1 saturated carbocycles. The molecule has 2 aliphatic carbocycles. The van der Waals surface area contributed by atoms with Gasteiger partial charge in [-0.05, 0) is 68.1 Å². The number of carbonyl (C=O) groups is 2. The van der Waals surface area contributed by atoms with E-state index in [0.717, 1.165) is 17.1 Å². The van der Waals surface area contributed by atoms with Gasteiger partial charge in [0.1, 0.15) is 23.1 Å². The molecule has 0 aromatic heterocycles. The van der Waals surface area contributed by atoms with Crippen LogP contribution in [0.5, 0.6) is 0 Å². The number of allylic oxidation sites excluding steroid dienone is 3. The van der Waals surface area contributed by atoms with Crippen LogP contribution >= 0.6 is 12.2 Å². The summed E-state index contributed by atoms with van der Waals surface area (Å²) in [7, 11) is 1.51. The Morgan fingerprint density at radius 1 is 1.30 bits per heavy atom. The van der Waals surface area contributed by atoms with Crippen molar-refractivity contribution in [2.24, 2.45) is 11.8 Å². The number of amides is 2. The van der Waals surface area contributed by atoms with Gasteiger partial charge < -0.3 is 10.2 Å². The van der Waals surface area contributed by atoms with E-state index in [1.54, 1.807) is 6.07 Å². The van der Waals surface area contributed by atoms with Gasteiger partial charge in [-0.3, -0.25) is 14.5 Å². The number of nitrogens with zero attached hydrogens (tertiary/aromatic N) is 3. The van der Waals surface area contributed by atoms with Crippen LogP contribution in [0.1, 0.15) is 37.7 Å². The normalized spacial score (nSPS) is 22.9. The first-order valence-electron chi connectivity index (χ1n) is 11.7. The summed E-state index contributed by atoms with van der Waals surface area (Å²) < 4.78 is 71.1. The second-order valence-corrected chi connectivity index (χ2v) is 9.58. The quantitative estimate of drug-likeness (QED) is 0.415. The van der Waals surface area contributed by atoms with Crippen LogP contribution in [-0.2, 0) is 16.0 Å². The van der Waals surface area contributed by atoms with E-state index >= 15 is 4.39 Å². The maximum Gasteiger partial charge on any atom is 0.399 e. The SMILES string of the molecule is CNC(=O)CCCc1ccc(N2C(=S)N(C3=C(F)C(C(F)(F)F)C(C#N)C=C3)C(=O)C23CCC3)cc1F. The van der Waals surface area contributed by atoms with Gasteiger partial charge in [0.2, 0.25) is 5.91 Å². The van der Waals surface area contributed by atoms with Crippen molar-refractivity contribution < 1.29 is 31.5 Å². The Labute approximate surface area is 215 Å². The Morgan fingerprint density at radius 2 is 2.00 bits per heavy atom. The topological polar surface area (TPSA) is 76.4 Å². The van der Waals surface area contributed by atoms with Crippen LogP contribution in [0.2, 0.25) is 0 Å². The fourth-order valence-corrected chi connectivity index (χ4v) is 5.45. The molecule has 2 fully saturated rings. The van der Waals surface area contributed by atoms with Crippen molar-refractivity contribution in [3.05, 3.63) is 53.3 Å². The highest BCUT2D eigenvalue weighted by atomic mass is 32.1. The zero-order chi connectivity index (χ0) is 27.1. The molecule has 0 bridgehead atoms. The van der Waals surface area contributed by atoms with Crippen molar-refractivity contribution in [2.75, 3.05) is 11.9 Å². The Hall–Kier alpha value is -3.33. The summed E-state index contributed by atoms with van der Waals surface area (Å²) in [5.41, 5.74) is -1.35. The lowest BCUT2D eigenvalue weighted by atomic mass is 9.75. The second kappa shape index (κ2) is 9.85. The van der Waals surface area contributed by atoms with Crippen LogP contribution in [0, 0.1) is 29.0 Å². The third kappa shape index (κ3) is 4.50. The number of hydrogen-bond acceptors (Lipinski definition) is 4. The molecular formula is C25H23F5N4O2S. The number of thiocarbonyl (C=S) groups is 1. The van der Waals surface area contributed by atoms with Crippen molar-refractivity contribution in [3.63, 3.8) is 0 Å². The van der Waals surface area contributed by atoms with Gasteiger partial charge in [0.15, 0.2) is 5.11 Å². The summed E-state index contributed by atoms with van der Waals surface area (Å²) in [6.45, 7) is 0. The van der Waals surface area contributed by atoms with Crippen LogP contribution < -0.4 is 10.2 Å². The number of anilines is 1. The summed E-state index contributed by atoms with van der Waals surface area (Å²) in [6.07, 6.45) is -1.01. The van der Waals surface area contributed by atoms with E-state index in [1.807, 2.05) is 0 Å². The van der Waals surface area contributed by atoms with E-state index in [0.29, 0.717) is 37.7 Å². The lowest BCUT2D eigenvalue weighted by molar-refractivity contribution is -0.174. The molecule has 1 heterocycles. The van der Waals surface area contributed by atoms with E-state index in [1.165, 1.54) is 30.1 Å². The predicted octanol–water partition coefficient (Wildman–Crippen LogP) is 4.82. The Morgan fingerprint density at radius 3 is 2.54 bits per heavy atom. The van der Waals surface area contributed by atoms with Crippen LogP contribution in [0.25, 0.3) is 0 Å². The van der Waals surface area contributed by atoms with Crippen LogP contribution in [0.4, 0.5) is 27.6 Å². The molecule has 12 heteroatoms. The van der Waals surface area contributed by atoms with Crippen LogP contribution in [0.15, 0.2) is 41.9 Å². The second-order valence-electron chi connectivity index (χ2n) is 9.21. The zero-order valence-corrected chi connectivity index (χ0v) is 20.6. The van der Waals surface area contributed by atoms with Gasteiger partial charge in [-0.15, -0.1) is 0 Å². The van der Waals surface area contributed by atoms with Gasteiger partial charge in [0.25, 0.3) is 5.91 Å². The summed E-state index contributed by atoms with van der Waals surface area (Å²) >= 11 is 5.47. The lowest BCUT2D eigenvalue weighted by Crippen LogP contribution is -2.55. The fourth-order valence-electron chi connectivity index (χ4n) is 4.98. The number of aryl methyl sites for hydroxylation is 1. The average Bonchev–Trinajstić information content (AvgIpc) is 3.05. The van der Waals surface area contributed by atoms with Crippen LogP contribution in [0.3, 0.4) is 0 Å². The summed E-state index contributed by atoms with van der Waals surface area (Å²) in [4.78, 5) is 27.1. The largest absolute Gasteiger partial charge is 0.399 e. The van der Waals surface area contributed by atoms with Crippen molar-refractivity contribution in [1.29, 1.82) is 5.26 Å². The first kappa shape index (κ1) is 26.7. The molecule has 196 valence electrons. The van der Waals surface area contributed by atoms with E-state index in [2.05, 4.69) is 5.32 Å². The molecule has 1 N–H and O–H groups in total. The van der Waals surface area contributed by atoms with Gasteiger partial charge in [-0.25, -0.2) is 8.78 Å². The van der Waals surface area contributed by atoms with Crippen molar-refractivity contribution in [1.82, 2.24) is 10.2 Å². The summed E-state index contributed by atoms with van der Waals surface area (Å²) in [5.74, 6) is -7.62. The molecule has 1 saturated heterocycles. The van der Waals surface area contributed by atoms with Crippen LogP contribution in [-0.4, -0.2) is 40.6 Å². The molecule has 3 aliphatic rings. The first-order valence-corrected chi connectivity index (χ1v) is 12.1. The number of alkyl halides is 3. The van der Waals surface area contributed by atoms with Crippen molar-refractivity contribution >= 4 is 34.8 Å². The first-order chi connectivity index (χ1) is 17.5. The molecule has 1 aromatic carbocycles. The molecule has 37 heavy (non-hydrogen) atoms. The zero-order valence-electron chi connectivity index (χ0n) is 19.7. The molecule has 1 spiro atoms. The highest BCUT2D eigenvalue weighted by Gasteiger charge is 2.61. The monoisotopic (exact) mass is 538 g/mol. The highest BCUT2D eigenvalue weighted by Crippen LogP contribution is 2.50. The summed E-state index contributed by atoms with van der Waals surface area (Å²) in [5, 5.41) is 11.3. The fraction of sp³-hybridized carbons (Fsp3) is 0.440. The Bertz CT molecular complexity index is 1250. The van der Waals surface area contributed by atoms with E-state index in [-0.39, 0.29) is 23.1 Å². The molecule has 2 amide bonds. The summed E-state index contributed by atoms with van der Waals surface area (Å²) in [6, 6.07) is 5.68. The minimum absolute atomic E-state index is 0.169. The number of hydrogen-bond donors (Lipinski definition) is 1. The standard InChI is InChI=1S/C25H23F5N4O2S/c1-32-19(35)5-2-4-14-6-8-16(12-17(14)26)34-23(37)33(22(36)24(34)10-3-11-24)18-9-7-15(13-31)20(21(18)27)25(28,29)30/h6-9,12,15,20H,2-5,10-11H2,1H3,(H,32,35). The smallest absolute Gasteiger partial charge is 0.359 e. The molecule has 2 atom stereocenters. The van der Waals surface area contributed by atoms with Gasteiger partial charge in [0.05, 0.1) is 17.7 Å². The molecule has 2 unspecified atom stereocenters. The number of carbonyl (C=O) groups excluding carboxylic acids is 2. The Balaban J connectivity index is 1.68. The molecular weight excluding hydrogens is 515 g/mol. The third-order valence-electron chi connectivity index (χ3n) is 7.10. The van der Waals surface area contributed by atoms with Gasteiger partial charge in [-0.1, -0.05) is 12.1 Å². The molecule has 1 aliphatic heterocycles. The average molecular weight is 539 g/mol. The van der Waals surface area contributed by atoms with E-state index in [4.69, 9.17) is 17.5 Å². The number of halogens is 5. The number of nitrogens with one attached hydrogen (secondary N) is 1. The van der Waals surface area contributed by atoms with Crippen molar-refractivity contribution in [2.45, 2.75) is 50.2 Å². The number of benzene rings is 1. The maximum absolute atomic E-state index is 15.3. The van der Waals surface area contributed by atoms with Gasteiger partial charge in [0, 0.05) is 19.2 Å². The maximum atomic E-state index is 15.3.